The van der Waals surface area contributed by atoms with E-state index >= 15 is 0 Å². The molecule has 3 heterocycles. The van der Waals surface area contributed by atoms with E-state index < -0.39 is 0 Å². The third kappa shape index (κ3) is 1.84. The van der Waals surface area contributed by atoms with E-state index in [-0.39, 0.29) is 11.8 Å². The van der Waals surface area contributed by atoms with Crippen molar-refractivity contribution in [2.24, 2.45) is 5.92 Å². The number of carbonyl (C=O) groups is 1. The van der Waals surface area contributed by atoms with Gasteiger partial charge in [-0.15, -0.1) is 11.3 Å². The Kier molecular flexibility index (Phi) is 2.91. The van der Waals surface area contributed by atoms with E-state index in [0.717, 1.165) is 25.3 Å². The number of carbonyl (C=O) groups excluding carboxylic acids is 1. The Morgan fingerprint density at radius 3 is 3.28 bits per heavy atom. The first-order valence-corrected chi connectivity index (χ1v) is 6.96. The van der Waals surface area contributed by atoms with Crippen LogP contribution >= 0.6 is 11.3 Å². The molecule has 0 spiro atoms. The summed E-state index contributed by atoms with van der Waals surface area (Å²) in [4.78, 5) is 18.3. The summed E-state index contributed by atoms with van der Waals surface area (Å²) in [5.41, 5.74) is 0. The predicted molar refractivity (Wildman–Crippen MR) is 74.0 cm³/mol. The highest BCUT2D eigenvalue weighted by molar-refractivity contribution is 7.17. The molecule has 3 rings (SSSR count). The molecule has 2 aromatic heterocycles. The van der Waals surface area contributed by atoms with Crippen LogP contribution in [0.1, 0.15) is 6.42 Å². The number of anilines is 1. The van der Waals surface area contributed by atoms with E-state index in [0.29, 0.717) is 0 Å². The van der Waals surface area contributed by atoms with Crippen LogP contribution in [-0.2, 0) is 4.79 Å². The second kappa shape index (κ2) is 4.57. The van der Waals surface area contributed by atoms with Crippen LogP contribution in [0.25, 0.3) is 10.1 Å². The standard InChI is InChI=1S/C13H15N3OS/c1-14-13(17)9-3-6-16(8-9)12-10-4-7-18-11(10)2-5-15-12/h2,4-5,7,9H,3,6,8H2,1H3,(H,14,17). The molecule has 0 bridgehead atoms. The molecule has 0 saturated carbocycles. The largest absolute Gasteiger partial charge is 0.359 e. The van der Waals surface area contributed by atoms with Crippen molar-refractivity contribution in [2.45, 2.75) is 6.42 Å². The van der Waals surface area contributed by atoms with Crippen LogP contribution in [0.2, 0.25) is 0 Å². The van der Waals surface area contributed by atoms with Crippen molar-refractivity contribution >= 4 is 33.1 Å². The molecule has 1 N–H and O–H groups in total. The molecule has 18 heavy (non-hydrogen) atoms. The number of nitrogens with zero attached hydrogens (tertiary/aromatic N) is 2. The van der Waals surface area contributed by atoms with Gasteiger partial charge >= 0.3 is 0 Å². The van der Waals surface area contributed by atoms with Gasteiger partial charge in [-0.05, 0) is 23.9 Å². The van der Waals surface area contributed by atoms with Gasteiger partial charge in [0.15, 0.2) is 0 Å². The van der Waals surface area contributed by atoms with Crippen LogP contribution in [0.5, 0.6) is 0 Å². The van der Waals surface area contributed by atoms with Crippen molar-refractivity contribution < 1.29 is 4.79 Å². The topological polar surface area (TPSA) is 45.2 Å². The fraction of sp³-hybridized carbons (Fsp3) is 0.385. The smallest absolute Gasteiger partial charge is 0.224 e. The first kappa shape index (κ1) is 11.5. The number of thiophene rings is 1. The zero-order chi connectivity index (χ0) is 12.5. The Morgan fingerprint density at radius 2 is 2.44 bits per heavy atom. The first-order valence-electron chi connectivity index (χ1n) is 6.08. The highest BCUT2D eigenvalue weighted by atomic mass is 32.1. The SMILES string of the molecule is CNC(=O)C1CCN(c2nccc3sccc23)C1. The monoisotopic (exact) mass is 261 g/mol. The molecule has 1 atom stereocenters. The van der Waals surface area contributed by atoms with Crippen molar-refractivity contribution in [2.75, 3.05) is 25.0 Å². The van der Waals surface area contributed by atoms with E-state index in [1.165, 1.54) is 10.1 Å². The Bertz CT molecular complexity index is 580. The molecular weight excluding hydrogens is 246 g/mol. The molecular formula is C13H15N3OS. The third-order valence-corrected chi connectivity index (χ3v) is 4.35. The van der Waals surface area contributed by atoms with Gasteiger partial charge in [-0.1, -0.05) is 0 Å². The lowest BCUT2D eigenvalue weighted by molar-refractivity contribution is -0.123. The zero-order valence-electron chi connectivity index (χ0n) is 10.2. The maximum absolute atomic E-state index is 11.6. The number of amides is 1. The van der Waals surface area contributed by atoms with Crippen molar-refractivity contribution in [3.63, 3.8) is 0 Å². The summed E-state index contributed by atoms with van der Waals surface area (Å²) >= 11 is 1.73. The summed E-state index contributed by atoms with van der Waals surface area (Å²) in [7, 11) is 1.70. The van der Waals surface area contributed by atoms with Gasteiger partial charge in [0.05, 0.1) is 5.92 Å². The molecule has 0 aromatic carbocycles. The van der Waals surface area contributed by atoms with Crippen LogP contribution in [0.3, 0.4) is 0 Å². The van der Waals surface area contributed by atoms with E-state index in [9.17, 15) is 4.79 Å². The molecule has 5 heteroatoms. The second-order valence-corrected chi connectivity index (χ2v) is 5.46. The fourth-order valence-electron chi connectivity index (χ4n) is 2.50. The molecule has 2 aromatic rings. The van der Waals surface area contributed by atoms with E-state index in [1.807, 2.05) is 12.3 Å². The summed E-state index contributed by atoms with van der Waals surface area (Å²) in [5, 5.41) is 6.01. The number of hydrogen-bond acceptors (Lipinski definition) is 4. The van der Waals surface area contributed by atoms with Gasteiger partial charge in [-0.25, -0.2) is 4.98 Å². The quantitative estimate of drug-likeness (QED) is 0.897. The van der Waals surface area contributed by atoms with Crippen LogP contribution in [0.4, 0.5) is 5.82 Å². The second-order valence-electron chi connectivity index (χ2n) is 4.51. The lowest BCUT2D eigenvalue weighted by atomic mass is 10.1. The molecule has 94 valence electrons. The Balaban J connectivity index is 1.88. The van der Waals surface area contributed by atoms with Gasteiger partial charge in [-0.2, -0.15) is 0 Å². The number of hydrogen-bond donors (Lipinski definition) is 1. The minimum absolute atomic E-state index is 0.0886. The first-order chi connectivity index (χ1) is 8.79. The van der Waals surface area contributed by atoms with Crippen LogP contribution in [0, 0.1) is 5.92 Å². The molecule has 0 aliphatic carbocycles. The summed E-state index contributed by atoms with van der Waals surface area (Å²) in [5.74, 6) is 1.24. The molecule has 1 aliphatic rings. The third-order valence-electron chi connectivity index (χ3n) is 3.46. The van der Waals surface area contributed by atoms with Crippen LogP contribution in [0.15, 0.2) is 23.7 Å². The normalized spacial score (nSPS) is 19.4. The van der Waals surface area contributed by atoms with Crippen molar-refractivity contribution in [1.29, 1.82) is 0 Å². The van der Waals surface area contributed by atoms with E-state index in [4.69, 9.17) is 0 Å². The highest BCUT2D eigenvalue weighted by Crippen LogP contribution is 2.31. The maximum atomic E-state index is 11.6. The van der Waals surface area contributed by atoms with Crippen LogP contribution < -0.4 is 10.2 Å². The molecule has 0 radical (unpaired) electrons. The average Bonchev–Trinajstić information content (AvgIpc) is 3.05. The summed E-state index contributed by atoms with van der Waals surface area (Å²) in [6, 6.07) is 4.14. The predicted octanol–water partition coefficient (Wildman–Crippen LogP) is 1.87. The molecule has 1 fully saturated rings. The Morgan fingerprint density at radius 1 is 1.56 bits per heavy atom. The van der Waals surface area contributed by atoms with Gasteiger partial charge in [-0.3, -0.25) is 4.79 Å². The van der Waals surface area contributed by atoms with Crippen molar-refractivity contribution in [3.8, 4) is 0 Å². The van der Waals surface area contributed by atoms with Crippen molar-refractivity contribution in [1.82, 2.24) is 10.3 Å². The van der Waals surface area contributed by atoms with E-state index in [2.05, 4.69) is 26.6 Å². The summed E-state index contributed by atoms with van der Waals surface area (Å²) < 4.78 is 1.25. The molecule has 1 saturated heterocycles. The van der Waals surface area contributed by atoms with Gasteiger partial charge in [0.25, 0.3) is 0 Å². The van der Waals surface area contributed by atoms with Gasteiger partial charge in [0.2, 0.25) is 5.91 Å². The summed E-state index contributed by atoms with van der Waals surface area (Å²) in [6.07, 6.45) is 2.75. The van der Waals surface area contributed by atoms with Gasteiger partial charge < -0.3 is 10.2 Å². The molecule has 1 amide bonds. The average molecular weight is 261 g/mol. The number of fused-ring (bicyclic) bond motifs is 1. The van der Waals surface area contributed by atoms with Gasteiger partial charge in [0, 0.05) is 36.4 Å². The minimum Gasteiger partial charge on any atom is -0.359 e. The zero-order valence-corrected chi connectivity index (χ0v) is 11.0. The Hall–Kier alpha value is -1.62. The molecule has 1 aliphatic heterocycles. The minimum atomic E-state index is 0.0886. The lowest BCUT2D eigenvalue weighted by Gasteiger charge is -2.18. The Labute approximate surface area is 110 Å². The maximum Gasteiger partial charge on any atom is 0.224 e. The number of rotatable bonds is 2. The van der Waals surface area contributed by atoms with E-state index in [1.54, 1.807) is 18.4 Å². The summed E-state index contributed by atoms with van der Waals surface area (Å²) in [6.45, 7) is 1.67. The van der Waals surface area contributed by atoms with Crippen LogP contribution in [-0.4, -0.2) is 31.0 Å². The van der Waals surface area contributed by atoms with Gasteiger partial charge in [0.1, 0.15) is 5.82 Å². The molecule has 4 nitrogen and oxygen atoms in total. The fourth-order valence-corrected chi connectivity index (χ4v) is 3.28. The lowest BCUT2D eigenvalue weighted by Crippen LogP contribution is -2.30. The van der Waals surface area contributed by atoms with Crippen molar-refractivity contribution in [3.05, 3.63) is 23.7 Å². The number of aromatic nitrogens is 1. The number of pyridine rings is 1. The molecule has 1 unspecified atom stereocenters. The number of nitrogens with one attached hydrogen (secondary N) is 1. The highest BCUT2D eigenvalue weighted by Gasteiger charge is 2.29.